The molecule has 0 radical (unpaired) electrons. The van der Waals surface area contributed by atoms with E-state index >= 15 is 0 Å². The van der Waals surface area contributed by atoms with Crippen LogP contribution in [0.1, 0.15) is 28.9 Å². The highest BCUT2D eigenvalue weighted by molar-refractivity contribution is 5.93. The van der Waals surface area contributed by atoms with Crippen molar-refractivity contribution in [2.75, 3.05) is 20.2 Å². The number of para-hydroxylation sites is 1. The third kappa shape index (κ3) is 4.74. The number of amides is 2. The molecule has 1 fully saturated rings. The van der Waals surface area contributed by atoms with Gasteiger partial charge in [0.15, 0.2) is 0 Å². The summed E-state index contributed by atoms with van der Waals surface area (Å²) in [6, 6.07) is 13.1. The molecule has 1 saturated heterocycles. The van der Waals surface area contributed by atoms with E-state index in [2.05, 4.69) is 20.5 Å². The van der Waals surface area contributed by atoms with Gasteiger partial charge in [0.25, 0.3) is 5.91 Å². The van der Waals surface area contributed by atoms with Gasteiger partial charge in [-0.15, -0.1) is 0 Å². The minimum Gasteiger partial charge on any atom is -0.496 e. The first-order valence-corrected chi connectivity index (χ1v) is 10.3. The summed E-state index contributed by atoms with van der Waals surface area (Å²) in [6.07, 6.45) is 4.67. The van der Waals surface area contributed by atoms with Crippen molar-refractivity contribution in [3.05, 3.63) is 66.1 Å². The molecular weight excluding hydrogens is 394 g/mol. The molecule has 1 aliphatic heterocycles. The molecule has 2 aromatic heterocycles. The van der Waals surface area contributed by atoms with Crippen molar-refractivity contribution in [3.8, 4) is 17.0 Å². The van der Waals surface area contributed by atoms with E-state index in [4.69, 9.17) is 4.74 Å². The summed E-state index contributed by atoms with van der Waals surface area (Å²) < 4.78 is 5.33. The highest BCUT2D eigenvalue weighted by Gasteiger charge is 2.28. The van der Waals surface area contributed by atoms with Crippen molar-refractivity contribution >= 4 is 11.8 Å². The van der Waals surface area contributed by atoms with Crippen LogP contribution in [0, 0.1) is 5.92 Å². The van der Waals surface area contributed by atoms with Crippen molar-refractivity contribution in [1.82, 2.24) is 25.4 Å². The number of carbonyl (C=O) groups is 2. The quantitative estimate of drug-likeness (QED) is 0.640. The summed E-state index contributed by atoms with van der Waals surface area (Å²) in [5, 5.41) is 10.0. The van der Waals surface area contributed by atoms with Gasteiger partial charge >= 0.3 is 0 Å². The number of nitrogens with one attached hydrogen (secondary N) is 2. The third-order valence-electron chi connectivity index (χ3n) is 5.56. The van der Waals surface area contributed by atoms with Crippen LogP contribution in [0.5, 0.6) is 5.75 Å². The molecule has 0 atom stereocenters. The van der Waals surface area contributed by atoms with E-state index in [0.29, 0.717) is 43.9 Å². The summed E-state index contributed by atoms with van der Waals surface area (Å²) in [4.78, 5) is 31.3. The average Bonchev–Trinajstić information content (AvgIpc) is 3.33. The molecule has 0 unspecified atom stereocenters. The van der Waals surface area contributed by atoms with Crippen LogP contribution < -0.4 is 10.1 Å². The largest absolute Gasteiger partial charge is 0.496 e. The van der Waals surface area contributed by atoms with Gasteiger partial charge < -0.3 is 15.0 Å². The van der Waals surface area contributed by atoms with Crippen molar-refractivity contribution in [3.63, 3.8) is 0 Å². The van der Waals surface area contributed by atoms with Crippen molar-refractivity contribution in [1.29, 1.82) is 0 Å². The minimum atomic E-state index is -0.105. The molecule has 4 rings (SSSR count). The number of carbonyl (C=O) groups excluding carboxylic acids is 2. The van der Waals surface area contributed by atoms with E-state index in [1.54, 1.807) is 30.5 Å². The lowest BCUT2D eigenvalue weighted by Gasteiger charge is -2.31. The van der Waals surface area contributed by atoms with Crippen LogP contribution in [-0.4, -0.2) is 52.1 Å². The number of H-pyrrole nitrogens is 1. The summed E-state index contributed by atoms with van der Waals surface area (Å²) in [5.41, 5.74) is 2.91. The fourth-order valence-corrected chi connectivity index (χ4v) is 3.78. The second-order valence-corrected chi connectivity index (χ2v) is 7.50. The van der Waals surface area contributed by atoms with Crippen LogP contribution in [0.25, 0.3) is 11.3 Å². The zero-order valence-electron chi connectivity index (χ0n) is 17.4. The normalized spacial score (nSPS) is 14.3. The average molecular weight is 419 g/mol. The van der Waals surface area contributed by atoms with Crippen LogP contribution in [0.4, 0.5) is 0 Å². The van der Waals surface area contributed by atoms with Gasteiger partial charge in [0.2, 0.25) is 5.91 Å². The summed E-state index contributed by atoms with van der Waals surface area (Å²) >= 11 is 0. The van der Waals surface area contributed by atoms with Gasteiger partial charge in [-0.1, -0.05) is 18.2 Å². The number of aromatic nitrogens is 3. The molecule has 1 aliphatic rings. The number of piperidine rings is 1. The number of pyridine rings is 1. The fourth-order valence-electron chi connectivity index (χ4n) is 3.78. The van der Waals surface area contributed by atoms with Crippen LogP contribution in [0.15, 0.2) is 54.9 Å². The Labute approximate surface area is 180 Å². The Morgan fingerprint density at radius 2 is 2.00 bits per heavy atom. The maximum atomic E-state index is 12.8. The lowest BCUT2D eigenvalue weighted by molar-refractivity contribution is -0.126. The van der Waals surface area contributed by atoms with E-state index in [0.717, 1.165) is 16.9 Å². The molecule has 0 saturated carbocycles. The number of hydrogen-bond donors (Lipinski definition) is 2. The molecule has 31 heavy (non-hydrogen) atoms. The van der Waals surface area contributed by atoms with Crippen LogP contribution in [-0.2, 0) is 11.3 Å². The molecule has 2 amide bonds. The minimum absolute atomic E-state index is 0.0124. The van der Waals surface area contributed by atoms with Gasteiger partial charge in [-0.3, -0.25) is 19.7 Å². The van der Waals surface area contributed by atoms with E-state index in [9.17, 15) is 9.59 Å². The molecule has 0 spiro atoms. The molecular formula is C23H25N5O3. The van der Waals surface area contributed by atoms with Crippen molar-refractivity contribution in [2.45, 2.75) is 19.4 Å². The van der Waals surface area contributed by atoms with Gasteiger partial charge in [0, 0.05) is 49.1 Å². The van der Waals surface area contributed by atoms with Gasteiger partial charge in [-0.2, -0.15) is 5.10 Å². The number of methoxy groups -OCH3 is 1. The number of nitrogens with zero attached hydrogens (tertiary/aromatic N) is 3. The topological polar surface area (TPSA) is 100 Å². The molecule has 0 aliphatic carbocycles. The van der Waals surface area contributed by atoms with Gasteiger partial charge in [-0.05, 0) is 37.1 Å². The number of ether oxygens (including phenoxy) is 1. The number of hydrogen-bond acceptors (Lipinski definition) is 5. The Morgan fingerprint density at radius 1 is 1.19 bits per heavy atom. The zero-order valence-corrected chi connectivity index (χ0v) is 17.4. The summed E-state index contributed by atoms with van der Waals surface area (Å²) in [7, 11) is 1.62. The Balaban J connectivity index is 1.30. The Bertz CT molecular complexity index is 1040. The van der Waals surface area contributed by atoms with Gasteiger partial charge in [0.1, 0.15) is 11.4 Å². The van der Waals surface area contributed by atoms with Crippen LogP contribution in [0.3, 0.4) is 0 Å². The second kappa shape index (κ2) is 9.42. The monoisotopic (exact) mass is 419 g/mol. The maximum absolute atomic E-state index is 12.8. The fraction of sp³-hybridized carbons (Fsp3) is 0.304. The standard InChI is InChI=1S/C23H25N5O3/c1-31-21-7-3-2-5-18(21)15-25-22(29)16-8-11-28(12-9-16)23(30)20-13-19(26-27-20)17-6-4-10-24-14-17/h2-7,10,13-14,16H,8-9,11-12,15H2,1H3,(H,25,29)(H,26,27). The molecule has 2 N–H and O–H groups in total. The molecule has 8 heteroatoms. The number of benzene rings is 1. The number of aromatic amines is 1. The second-order valence-electron chi connectivity index (χ2n) is 7.50. The Hall–Kier alpha value is -3.68. The molecule has 160 valence electrons. The van der Waals surface area contributed by atoms with Crippen LogP contribution in [0.2, 0.25) is 0 Å². The zero-order chi connectivity index (χ0) is 21.6. The van der Waals surface area contributed by atoms with E-state index < -0.39 is 0 Å². The van der Waals surface area contributed by atoms with Crippen molar-refractivity contribution in [2.24, 2.45) is 5.92 Å². The number of rotatable bonds is 6. The molecule has 8 nitrogen and oxygen atoms in total. The lowest BCUT2D eigenvalue weighted by atomic mass is 9.95. The Morgan fingerprint density at radius 3 is 2.74 bits per heavy atom. The molecule has 0 bridgehead atoms. The van der Waals surface area contributed by atoms with Gasteiger partial charge in [-0.25, -0.2) is 0 Å². The molecule has 3 aromatic rings. The summed E-state index contributed by atoms with van der Waals surface area (Å²) in [5.74, 6) is 0.564. The maximum Gasteiger partial charge on any atom is 0.271 e. The first-order chi connectivity index (χ1) is 15.2. The lowest BCUT2D eigenvalue weighted by Crippen LogP contribution is -2.43. The molecule has 1 aromatic carbocycles. The predicted molar refractivity (Wildman–Crippen MR) is 115 cm³/mol. The highest BCUT2D eigenvalue weighted by Crippen LogP contribution is 2.22. The Kier molecular flexibility index (Phi) is 6.26. The predicted octanol–water partition coefficient (Wildman–Crippen LogP) is 2.65. The van der Waals surface area contributed by atoms with E-state index in [1.165, 1.54) is 0 Å². The first-order valence-electron chi connectivity index (χ1n) is 10.3. The third-order valence-corrected chi connectivity index (χ3v) is 5.56. The highest BCUT2D eigenvalue weighted by atomic mass is 16.5. The van der Waals surface area contributed by atoms with E-state index in [1.807, 2.05) is 36.4 Å². The molecule has 3 heterocycles. The van der Waals surface area contributed by atoms with Gasteiger partial charge in [0.05, 0.1) is 12.8 Å². The van der Waals surface area contributed by atoms with E-state index in [-0.39, 0.29) is 17.7 Å². The van der Waals surface area contributed by atoms with Crippen molar-refractivity contribution < 1.29 is 14.3 Å². The summed E-state index contributed by atoms with van der Waals surface area (Å²) in [6.45, 7) is 1.49. The number of likely N-dealkylation sites (tertiary alicyclic amines) is 1. The van der Waals surface area contributed by atoms with Crippen LogP contribution >= 0.6 is 0 Å². The smallest absolute Gasteiger partial charge is 0.271 e. The SMILES string of the molecule is COc1ccccc1CNC(=O)C1CCN(C(=O)c2cc(-c3cccnc3)n[nH]2)CC1. The first kappa shape index (κ1) is 20.6.